The Morgan fingerprint density at radius 2 is 2.19 bits per heavy atom. The van der Waals surface area contributed by atoms with Crippen LogP contribution in [0.25, 0.3) is 0 Å². The maximum Gasteiger partial charge on any atom is 0.253 e. The van der Waals surface area contributed by atoms with E-state index >= 15 is 0 Å². The van der Waals surface area contributed by atoms with Crippen LogP contribution in [0, 0.1) is 6.92 Å². The molecule has 0 radical (unpaired) electrons. The van der Waals surface area contributed by atoms with E-state index in [4.69, 9.17) is 5.73 Å². The van der Waals surface area contributed by atoms with Crippen molar-refractivity contribution >= 4 is 5.69 Å². The molecule has 2 rings (SSSR count). The van der Waals surface area contributed by atoms with Gasteiger partial charge in [0.05, 0.1) is 12.9 Å². The first-order valence-corrected chi connectivity index (χ1v) is 5.03. The Morgan fingerprint density at radius 3 is 2.94 bits per heavy atom. The van der Waals surface area contributed by atoms with Crippen LogP contribution in [0.15, 0.2) is 41.6 Å². The highest BCUT2D eigenvalue weighted by Gasteiger charge is 2.02. The third-order valence-electron chi connectivity index (χ3n) is 2.62. The second-order valence-electron chi connectivity index (χ2n) is 3.68. The second kappa shape index (κ2) is 4.18. The van der Waals surface area contributed by atoms with Crippen molar-refractivity contribution in [3.63, 3.8) is 0 Å². The van der Waals surface area contributed by atoms with E-state index in [9.17, 15) is 4.79 Å². The van der Waals surface area contributed by atoms with Gasteiger partial charge in [-0.2, -0.15) is 0 Å². The van der Waals surface area contributed by atoms with Crippen molar-refractivity contribution in [1.82, 2.24) is 9.55 Å². The van der Waals surface area contributed by atoms with Gasteiger partial charge in [-0.05, 0) is 24.1 Å². The van der Waals surface area contributed by atoms with Crippen molar-refractivity contribution in [2.24, 2.45) is 0 Å². The fraction of sp³-hybridized carbons (Fsp3) is 0.167. The molecule has 1 heterocycles. The van der Waals surface area contributed by atoms with Crippen molar-refractivity contribution in [3.8, 4) is 0 Å². The molecule has 4 heteroatoms. The predicted molar refractivity (Wildman–Crippen MR) is 63.2 cm³/mol. The molecule has 0 aliphatic heterocycles. The first kappa shape index (κ1) is 10.4. The lowest BCUT2D eigenvalue weighted by Crippen LogP contribution is -2.19. The number of rotatable bonds is 2. The predicted octanol–water partition coefficient (Wildman–Crippen LogP) is 1.18. The lowest BCUT2D eigenvalue weighted by molar-refractivity contribution is 0.733. The van der Waals surface area contributed by atoms with E-state index in [0.29, 0.717) is 6.54 Å². The standard InChI is InChI=1S/C12H13N3O/c1-9-10(3-2-4-11(9)13)7-15-8-14-6-5-12(15)16/h2-6,8H,7,13H2,1H3. The van der Waals surface area contributed by atoms with E-state index < -0.39 is 0 Å². The zero-order valence-electron chi connectivity index (χ0n) is 9.05. The Balaban J connectivity index is 2.38. The van der Waals surface area contributed by atoms with Crippen LogP contribution in [-0.4, -0.2) is 9.55 Å². The average molecular weight is 215 g/mol. The first-order chi connectivity index (χ1) is 7.68. The van der Waals surface area contributed by atoms with Gasteiger partial charge in [0.15, 0.2) is 0 Å². The molecule has 0 fully saturated rings. The Kier molecular flexibility index (Phi) is 2.72. The minimum absolute atomic E-state index is 0.0585. The molecular formula is C12H13N3O. The van der Waals surface area contributed by atoms with Crippen molar-refractivity contribution in [1.29, 1.82) is 0 Å². The highest BCUT2D eigenvalue weighted by atomic mass is 16.1. The van der Waals surface area contributed by atoms with E-state index in [0.717, 1.165) is 16.8 Å². The van der Waals surface area contributed by atoms with E-state index in [1.165, 1.54) is 18.6 Å². The zero-order chi connectivity index (χ0) is 11.5. The summed E-state index contributed by atoms with van der Waals surface area (Å²) in [6, 6.07) is 7.15. The molecule has 82 valence electrons. The van der Waals surface area contributed by atoms with Crippen LogP contribution >= 0.6 is 0 Å². The van der Waals surface area contributed by atoms with Crippen LogP contribution in [0.4, 0.5) is 5.69 Å². The summed E-state index contributed by atoms with van der Waals surface area (Å²) in [5, 5.41) is 0. The third kappa shape index (κ3) is 1.95. The van der Waals surface area contributed by atoms with Crippen molar-refractivity contribution < 1.29 is 0 Å². The minimum atomic E-state index is -0.0585. The zero-order valence-corrected chi connectivity index (χ0v) is 9.05. The molecule has 2 aromatic rings. The molecule has 2 N–H and O–H groups in total. The summed E-state index contributed by atoms with van der Waals surface area (Å²) in [6.45, 7) is 2.45. The van der Waals surface area contributed by atoms with E-state index in [-0.39, 0.29) is 5.56 Å². The number of nitrogen functional groups attached to an aromatic ring is 1. The van der Waals surface area contributed by atoms with Gasteiger partial charge in [-0.15, -0.1) is 0 Å². The second-order valence-corrected chi connectivity index (χ2v) is 3.68. The molecule has 0 unspecified atom stereocenters. The van der Waals surface area contributed by atoms with Crippen LogP contribution in [0.1, 0.15) is 11.1 Å². The Bertz CT molecular complexity index is 560. The summed E-state index contributed by atoms with van der Waals surface area (Å²) in [6.07, 6.45) is 3.02. The number of anilines is 1. The summed E-state index contributed by atoms with van der Waals surface area (Å²) in [5.41, 5.74) is 8.55. The van der Waals surface area contributed by atoms with Crippen LogP contribution in [0.5, 0.6) is 0 Å². The molecule has 0 aliphatic rings. The maximum absolute atomic E-state index is 11.5. The Morgan fingerprint density at radius 1 is 1.38 bits per heavy atom. The summed E-state index contributed by atoms with van der Waals surface area (Å²) in [7, 11) is 0. The summed E-state index contributed by atoms with van der Waals surface area (Å²) < 4.78 is 1.56. The molecule has 4 nitrogen and oxygen atoms in total. The quantitative estimate of drug-likeness (QED) is 0.765. The molecule has 0 saturated heterocycles. The lowest BCUT2D eigenvalue weighted by atomic mass is 10.1. The molecule has 0 spiro atoms. The number of hydrogen-bond acceptors (Lipinski definition) is 3. The van der Waals surface area contributed by atoms with Gasteiger partial charge in [0, 0.05) is 18.0 Å². The largest absolute Gasteiger partial charge is 0.399 e. The molecule has 0 atom stereocenters. The molecule has 0 saturated carbocycles. The molecule has 1 aromatic heterocycles. The van der Waals surface area contributed by atoms with E-state index in [2.05, 4.69) is 4.98 Å². The molecular weight excluding hydrogens is 202 g/mol. The number of hydrogen-bond donors (Lipinski definition) is 1. The summed E-state index contributed by atoms with van der Waals surface area (Å²) in [4.78, 5) is 15.4. The van der Waals surface area contributed by atoms with Gasteiger partial charge in [-0.25, -0.2) is 4.98 Å². The molecule has 1 aromatic carbocycles. The number of aromatic nitrogens is 2. The van der Waals surface area contributed by atoms with Crippen molar-refractivity contribution in [2.45, 2.75) is 13.5 Å². The van der Waals surface area contributed by atoms with Crippen LogP contribution in [0.2, 0.25) is 0 Å². The third-order valence-corrected chi connectivity index (χ3v) is 2.62. The molecule has 0 aliphatic carbocycles. The van der Waals surface area contributed by atoms with Crippen molar-refractivity contribution in [3.05, 3.63) is 58.3 Å². The monoisotopic (exact) mass is 215 g/mol. The van der Waals surface area contributed by atoms with E-state index in [1.807, 2.05) is 25.1 Å². The highest BCUT2D eigenvalue weighted by molar-refractivity contribution is 5.49. The van der Waals surface area contributed by atoms with E-state index in [1.54, 1.807) is 4.57 Å². The molecule has 16 heavy (non-hydrogen) atoms. The van der Waals surface area contributed by atoms with Crippen molar-refractivity contribution in [2.75, 3.05) is 5.73 Å². The average Bonchev–Trinajstić information content (AvgIpc) is 2.28. The van der Waals surface area contributed by atoms with Gasteiger partial charge in [-0.3, -0.25) is 9.36 Å². The fourth-order valence-electron chi connectivity index (χ4n) is 1.56. The lowest BCUT2D eigenvalue weighted by Gasteiger charge is -2.09. The first-order valence-electron chi connectivity index (χ1n) is 5.03. The molecule has 0 bridgehead atoms. The minimum Gasteiger partial charge on any atom is -0.399 e. The van der Waals surface area contributed by atoms with Gasteiger partial charge in [0.25, 0.3) is 5.56 Å². The van der Waals surface area contributed by atoms with Gasteiger partial charge >= 0.3 is 0 Å². The van der Waals surface area contributed by atoms with Gasteiger partial charge in [0.2, 0.25) is 0 Å². The number of benzene rings is 1. The van der Waals surface area contributed by atoms with Crippen LogP contribution in [-0.2, 0) is 6.54 Å². The summed E-state index contributed by atoms with van der Waals surface area (Å²) in [5.74, 6) is 0. The Hall–Kier alpha value is -2.10. The van der Waals surface area contributed by atoms with Gasteiger partial charge in [0.1, 0.15) is 0 Å². The maximum atomic E-state index is 11.5. The van der Waals surface area contributed by atoms with Crippen LogP contribution in [0.3, 0.4) is 0 Å². The smallest absolute Gasteiger partial charge is 0.253 e. The SMILES string of the molecule is Cc1c(N)cccc1Cn1cnccc1=O. The Labute approximate surface area is 93.4 Å². The van der Waals surface area contributed by atoms with Crippen LogP contribution < -0.4 is 11.3 Å². The molecule has 0 amide bonds. The summed E-state index contributed by atoms with van der Waals surface area (Å²) >= 11 is 0. The fourth-order valence-corrected chi connectivity index (χ4v) is 1.56. The van der Waals surface area contributed by atoms with Gasteiger partial charge < -0.3 is 5.73 Å². The number of nitrogens with two attached hydrogens (primary N) is 1. The topological polar surface area (TPSA) is 60.9 Å². The number of nitrogens with zero attached hydrogens (tertiary/aromatic N) is 2. The van der Waals surface area contributed by atoms with Gasteiger partial charge in [-0.1, -0.05) is 12.1 Å². The normalized spacial score (nSPS) is 10.3. The highest BCUT2D eigenvalue weighted by Crippen LogP contribution is 2.15.